The first kappa shape index (κ1) is 19.6. The van der Waals surface area contributed by atoms with E-state index in [1.807, 2.05) is 86.6 Å². The van der Waals surface area contributed by atoms with Crippen molar-refractivity contribution in [1.29, 1.82) is 0 Å². The van der Waals surface area contributed by atoms with Crippen LogP contribution in [0.5, 0.6) is 0 Å². The highest BCUT2D eigenvalue weighted by Crippen LogP contribution is 2.30. The van der Waals surface area contributed by atoms with E-state index < -0.39 is 5.54 Å². The second-order valence-corrected chi connectivity index (χ2v) is 7.45. The van der Waals surface area contributed by atoms with Crippen molar-refractivity contribution in [2.75, 3.05) is 7.05 Å². The molecule has 0 fully saturated rings. The third-order valence-electron chi connectivity index (χ3n) is 5.25. The molecule has 3 aromatic rings. The van der Waals surface area contributed by atoms with Crippen molar-refractivity contribution >= 4 is 12.2 Å². The van der Waals surface area contributed by atoms with Crippen LogP contribution in [-0.2, 0) is 10.3 Å². The predicted molar refractivity (Wildman–Crippen MR) is 113 cm³/mol. The van der Waals surface area contributed by atoms with E-state index in [4.69, 9.17) is 0 Å². The summed E-state index contributed by atoms with van der Waals surface area (Å²) in [6.07, 6.45) is 0.845. The number of hydrogen-bond acceptors (Lipinski definition) is 2. The first-order chi connectivity index (χ1) is 13.3. The zero-order chi connectivity index (χ0) is 20.3. The van der Waals surface area contributed by atoms with Crippen LogP contribution in [0.4, 0.5) is 0 Å². The number of carbonyl (C=O) groups excluding carboxylic acids is 2. The molecule has 0 N–H and O–H groups in total. The molecule has 1 amide bonds. The Morgan fingerprint density at radius 3 is 2.07 bits per heavy atom. The number of benzene rings is 3. The minimum Gasteiger partial charge on any atom is -0.325 e. The monoisotopic (exact) mass is 371 g/mol. The van der Waals surface area contributed by atoms with Crippen molar-refractivity contribution in [2.45, 2.75) is 26.3 Å². The second kappa shape index (κ2) is 7.81. The van der Waals surface area contributed by atoms with Gasteiger partial charge in [0.15, 0.2) is 0 Å². The molecule has 142 valence electrons. The maximum atomic E-state index is 13.1. The molecule has 0 heterocycles. The van der Waals surface area contributed by atoms with Crippen LogP contribution < -0.4 is 0 Å². The highest BCUT2D eigenvalue weighted by Gasteiger charge is 2.35. The standard InChI is InChI=1S/C25H25NO2/c1-18-13-19(2)15-22(14-18)24(28)26(4)25(3,17-27)23-12-8-11-21(16-23)20-9-6-5-7-10-20/h5-17H,1-4H3/t25-/m0/s1. The van der Waals surface area contributed by atoms with Crippen molar-refractivity contribution in [2.24, 2.45) is 0 Å². The van der Waals surface area contributed by atoms with Crippen LogP contribution in [0.15, 0.2) is 72.8 Å². The van der Waals surface area contributed by atoms with Crippen LogP contribution in [0, 0.1) is 13.8 Å². The molecule has 0 spiro atoms. The van der Waals surface area contributed by atoms with Gasteiger partial charge in [-0.3, -0.25) is 4.79 Å². The molecule has 0 aliphatic heterocycles. The van der Waals surface area contributed by atoms with Crippen molar-refractivity contribution < 1.29 is 9.59 Å². The lowest BCUT2D eigenvalue weighted by atomic mass is 9.89. The number of nitrogens with zero attached hydrogens (tertiary/aromatic N) is 1. The molecule has 0 radical (unpaired) electrons. The van der Waals surface area contributed by atoms with Crippen molar-refractivity contribution in [3.05, 3.63) is 95.1 Å². The first-order valence-corrected chi connectivity index (χ1v) is 9.34. The minimum atomic E-state index is -1.07. The summed E-state index contributed by atoms with van der Waals surface area (Å²) in [6.45, 7) is 5.71. The van der Waals surface area contributed by atoms with Crippen LogP contribution in [0.3, 0.4) is 0 Å². The van der Waals surface area contributed by atoms with E-state index in [0.29, 0.717) is 5.56 Å². The summed E-state index contributed by atoms with van der Waals surface area (Å²) in [5, 5.41) is 0. The Hall–Kier alpha value is -3.20. The van der Waals surface area contributed by atoms with E-state index >= 15 is 0 Å². The SMILES string of the molecule is Cc1cc(C)cc(C(=O)N(C)[C@@](C)(C=O)c2cccc(-c3ccccc3)c2)c1. The number of aryl methyl sites for hydroxylation is 2. The molecule has 3 nitrogen and oxygen atoms in total. The van der Waals surface area contributed by atoms with E-state index in [0.717, 1.165) is 34.1 Å². The molecule has 3 rings (SSSR count). The van der Waals surface area contributed by atoms with Gasteiger partial charge in [0.25, 0.3) is 5.91 Å². The molecule has 1 atom stereocenters. The summed E-state index contributed by atoms with van der Waals surface area (Å²) in [4.78, 5) is 26.9. The number of rotatable bonds is 5. The average molecular weight is 371 g/mol. The summed E-state index contributed by atoms with van der Waals surface area (Å²) in [5.74, 6) is -0.175. The lowest BCUT2D eigenvalue weighted by molar-refractivity contribution is -0.116. The molecule has 0 saturated heterocycles. The van der Waals surface area contributed by atoms with Crippen LogP contribution in [0.2, 0.25) is 0 Å². The van der Waals surface area contributed by atoms with E-state index in [1.165, 1.54) is 4.90 Å². The molecule has 3 heteroatoms. The maximum absolute atomic E-state index is 13.1. The first-order valence-electron chi connectivity index (χ1n) is 9.34. The largest absolute Gasteiger partial charge is 0.325 e. The Morgan fingerprint density at radius 2 is 1.46 bits per heavy atom. The van der Waals surface area contributed by atoms with Gasteiger partial charge in [0.05, 0.1) is 0 Å². The van der Waals surface area contributed by atoms with Crippen LogP contribution in [-0.4, -0.2) is 24.1 Å². The lowest BCUT2D eigenvalue weighted by Crippen LogP contribution is -2.46. The highest BCUT2D eigenvalue weighted by atomic mass is 16.2. The van der Waals surface area contributed by atoms with Crippen molar-refractivity contribution in [3.8, 4) is 11.1 Å². The van der Waals surface area contributed by atoms with Crippen molar-refractivity contribution in [1.82, 2.24) is 4.90 Å². The van der Waals surface area contributed by atoms with E-state index in [-0.39, 0.29) is 5.91 Å². The highest BCUT2D eigenvalue weighted by molar-refractivity contribution is 5.97. The van der Waals surface area contributed by atoms with E-state index in [9.17, 15) is 9.59 Å². The molecule has 0 bridgehead atoms. The fourth-order valence-electron chi connectivity index (χ4n) is 3.49. The van der Waals surface area contributed by atoms with E-state index in [1.54, 1.807) is 14.0 Å². The van der Waals surface area contributed by atoms with Gasteiger partial charge in [-0.05, 0) is 55.7 Å². The normalized spacial score (nSPS) is 12.9. The molecular weight excluding hydrogens is 346 g/mol. The molecular formula is C25H25NO2. The van der Waals surface area contributed by atoms with Gasteiger partial charge in [0, 0.05) is 12.6 Å². The Balaban J connectivity index is 2.00. The van der Waals surface area contributed by atoms with Crippen molar-refractivity contribution in [3.63, 3.8) is 0 Å². The fourth-order valence-corrected chi connectivity index (χ4v) is 3.49. The van der Waals surface area contributed by atoms with Gasteiger partial charge >= 0.3 is 0 Å². The molecule has 0 aliphatic carbocycles. The van der Waals surface area contributed by atoms with Gasteiger partial charge in [-0.2, -0.15) is 0 Å². The number of hydrogen-bond donors (Lipinski definition) is 0. The fraction of sp³-hybridized carbons (Fsp3) is 0.200. The van der Waals surface area contributed by atoms with Gasteiger partial charge in [0.1, 0.15) is 11.8 Å². The Bertz CT molecular complexity index is 990. The van der Waals surface area contributed by atoms with E-state index in [2.05, 4.69) is 0 Å². The zero-order valence-electron chi connectivity index (χ0n) is 16.8. The molecule has 0 saturated carbocycles. The Kier molecular flexibility index (Phi) is 5.46. The van der Waals surface area contributed by atoms with Gasteiger partial charge in [-0.25, -0.2) is 0 Å². The summed E-state index contributed by atoms with van der Waals surface area (Å²) in [7, 11) is 1.68. The second-order valence-electron chi connectivity index (χ2n) is 7.45. The third-order valence-corrected chi connectivity index (χ3v) is 5.25. The Labute approximate surface area is 166 Å². The summed E-state index contributed by atoms with van der Waals surface area (Å²) < 4.78 is 0. The average Bonchev–Trinajstić information content (AvgIpc) is 2.72. The number of amides is 1. The summed E-state index contributed by atoms with van der Waals surface area (Å²) in [5.41, 5.74) is 4.43. The maximum Gasteiger partial charge on any atom is 0.254 e. The topological polar surface area (TPSA) is 37.4 Å². The molecule has 0 aromatic heterocycles. The number of carbonyl (C=O) groups is 2. The van der Waals surface area contributed by atoms with Gasteiger partial charge in [-0.1, -0.05) is 65.7 Å². The predicted octanol–water partition coefficient (Wildman–Crippen LogP) is 5.16. The van der Waals surface area contributed by atoms with Crippen LogP contribution in [0.25, 0.3) is 11.1 Å². The molecule has 3 aromatic carbocycles. The van der Waals surface area contributed by atoms with Gasteiger partial charge in [0.2, 0.25) is 0 Å². The van der Waals surface area contributed by atoms with Crippen LogP contribution in [0.1, 0.15) is 34.0 Å². The number of aldehydes is 1. The molecule has 0 unspecified atom stereocenters. The molecule has 28 heavy (non-hydrogen) atoms. The number of likely N-dealkylation sites (N-methyl/N-ethyl adjacent to an activating group) is 1. The minimum absolute atomic E-state index is 0.175. The smallest absolute Gasteiger partial charge is 0.254 e. The molecule has 0 aliphatic rings. The van der Waals surface area contributed by atoms with Crippen LogP contribution >= 0.6 is 0 Å². The summed E-state index contributed by atoms with van der Waals surface area (Å²) in [6, 6.07) is 23.6. The van der Waals surface area contributed by atoms with Gasteiger partial charge < -0.3 is 9.69 Å². The summed E-state index contributed by atoms with van der Waals surface area (Å²) >= 11 is 0. The Morgan fingerprint density at radius 1 is 0.857 bits per heavy atom. The quantitative estimate of drug-likeness (QED) is 0.581. The zero-order valence-corrected chi connectivity index (χ0v) is 16.8. The lowest BCUT2D eigenvalue weighted by Gasteiger charge is -2.35. The third kappa shape index (κ3) is 3.74. The van der Waals surface area contributed by atoms with Gasteiger partial charge in [-0.15, -0.1) is 0 Å².